The standard InChI is InChI=1S/C24H20BrClN2O5/c1-15(32-20-10-6-18(25)7-11-20)23(29)28-27-14-16-3-12-21(22(13-16)31-2)33-24(30)17-4-8-19(26)9-5-17/h3-15H,1-2H3,(H,28,29)/b27-14-/t15-/m0/s1. The third kappa shape index (κ3) is 7.06. The van der Waals surface area contributed by atoms with E-state index in [0.717, 1.165) is 4.47 Å². The van der Waals surface area contributed by atoms with Gasteiger partial charge in [-0.15, -0.1) is 0 Å². The summed E-state index contributed by atoms with van der Waals surface area (Å²) in [6.45, 7) is 1.62. The monoisotopic (exact) mass is 530 g/mol. The lowest BCUT2D eigenvalue weighted by Gasteiger charge is -2.13. The van der Waals surface area contributed by atoms with Crippen LogP contribution in [-0.2, 0) is 4.79 Å². The van der Waals surface area contributed by atoms with E-state index in [1.165, 1.54) is 13.3 Å². The van der Waals surface area contributed by atoms with Crippen molar-refractivity contribution in [3.05, 3.63) is 87.4 Å². The van der Waals surface area contributed by atoms with Gasteiger partial charge in [0.05, 0.1) is 18.9 Å². The number of nitrogens with zero attached hydrogens (tertiary/aromatic N) is 1. The number of hydrogen-bond donors (Lipinski definition) is 1. The van der Waals surface area contributed by atoms with E-state index < -0.39 is 18.0 Å². The Labute approximate surface area is 204 Å². The molecule has 0 saturated heterocycles. The van der Waals surface area contributed by atoms with Crippen LogP contribution in [0.1, 0.15) is 22.8 Å². The molecular weight excluding hydrogens is 512 g/mol. The maximum Gasteiger partial charge on any atom is 0.343 e. The number of nitrogens with one attached hydrogen (secondary N) is 1. The third-order valence-corrected chi connectivity index (χ3v) is 5.13. The van der Waals surface area contributed by atoms with Crippen molar-refractivity contribution in [3.8, 4) is 17.2 Å². The van der Waals surface area contributed by atoms with Crippen LogP contribution >= 0.6 is 27.5 Å². The van der Waals surface area contributed by atoms with Crippen molar-refractivity contribution in [2.24, 2.45) is 5.10 Å². The van der Waals surface area contributed by atoms with Gasteiger partial charge in [-0.1, -0.05) is 27.5 Å². The summed E-state index contributed by atoms with van der Waals surface area (Å²) < 4.78 is 17.2. The van der Waals surface area contributed by atoms with Crippen LogP contribution in [0, 0.1) is 0 Å². The Kier molecular flexibility index (Phi) is 8.46. The van der Waals surface area contributed by atoms with E-state index in [2.05, 4.69) is 26.5 Å². The zero-order valence-electron chi connectivity index (χ0n) is 17.7. The number of benzene rings is 3. The number of methoxy groups -OCH3 is 1. The third-order valence-electron chi connectivity index (χ3n) is 4.35. The number of esters is 1. The van der Waals surface area contributed by atoms with Gasteiger partial charge in [-0.3, -0.25) is 4.79 Å². The van der Waals surface area contributed by atoms with Crippen LogP contribution < -0.4 is 19.6 Å². The van der Waals surface area contributed by atoms with E-state index in [-0.39, 0.29) is 5.75 Å². The number of rotatable bonds is 8. The Balaban J connectivity index is 1.59. The molecular formula is C24H20BrClN2O5. The highest BCUT2D eigenvalue weighted by Gasteiger charge is 2.15. The molecule has 7 nitrogen and oxygen atoms in total. The first kappa shape index (κ1) is 24.3. The predicted octanol–water partition coefficient (Wildman–Crippen LogP) is 5.25. The summed E-state index contributed by atoms with van der Waals surface area (Å²) in [5.74, 6) is 0.195. The summed E-state index contributed by atoms with van der Waals surface area (Å²) in [5, 5.41) is 4.47. The van der Waals surface area contributed by atoms with Crippen LogP contribution in [0.25, 0.3) is 0 Å². The molecule has 1 atom stereocenters. The predicted molar refractivity (Wildman–Crippen MR) is 129 cm³/mol. The minimum atomic E-state index is -0.743. The lowest BCUT2D eigenvalue weighted by Crippen LogP contribution is -2.33. The second-order valence-corrected chi connectivity index (χ2v) is 8.11. The molecule has 0 heterocycles. The van der Waals surface area contributed by atoms with Crippen LogP contribution in [0.4, 0.5) is 0 Å². The molecule has 0 unspecified atom stereocenters. The lowest BCUT2D eigenvalue weighted by atomic mass is 10.2. The minimum absolute atomic E-state index is 0.246. The summed E-state index contributed by atoms with van der Waals surface area (Å²) in [7, 11) is 1.46. The second kappa shape index (κ2) is 11.5. The molecule has 9 heteroatoms. The van der Waals surface area contributed by atoms with Gasteiger partial charge in [-0.05, 0) is 79.2 Å². The van der Waals surface area contributed by atoms with Crippen LogP contribution in [-0.4, -0.2) is 31.3 Å². The number of hydrazone groups is 1. The van der Waals surface area contributed by atoms with Gasteiger partial charge in [-0.2, -0.15) is 5.10 Å². The molecule has 0 aliphatic carbocycles. The highest BCUT2D eigenvalue weighted by Crippen LogP contribution is 2.28. The van der Waals surface area contributed by atoms with Crippen molar-refractivity contribution in [2.75, 3.05) is 7.11 Å². The highest BCUT2D eigenvalue weighted by atomic mass is 79.9. The molecule has 3 aromatic rings. The molecule has 3 rings (SSSR count). The van der Waals surface area contributed by atoms with E-state index in [1.54, 1.807) is 61.5 Å². The lowest BCUT2D eigenvalue weighted by molar-refractivity contribution is -0.127. The Morgan fingerprint density at radius 3 is 2.39 bits per heavy atom. The summed E-state index contributed by atoms with van der Waals surface area (Å²) in [6, 6.07) is 18.4. The average Bonchev–Trinajstić information content (AvgIpc) is 2.81. The van der Waals surface area contributed by atoms with Gasteiger partial charge in [0.15, 0.2) is 17.6 Å². The van der Waals surface area contributed by atoms with Gasteiger partial charge in [0, 0.05) is 9.50 Å². The zero-order chi connectivity index (χ0) is 23.8. The SMILES string of the molecule is COc1cc(/C=N\NC(=O)[C@H](C)Oc2ccc(Br)cc2)ccc1OC(=O)c1ccc(Cl)cc1. The van der Waals surface area contributed by atoms with Crippen molar-refractivity contribution >= 4 is 45.6 Å². The normalized spacial score (nSPS) is 11.6. The molecule has 0 bridgehead atoms. The van der Waals surface area contributed by atoms with Gasteiger partial charge in [0.25, 0.3) is 5.91 Å². The number of hydrogen-bond acceptors (Lipinski definition) is 6. The number of ether oxygens (including phenoxy) is 3. The second-order valence-electron chi connectivity index (χ2n) is 6.75. The van der Waals surface area contributed by atoms with Crippen LogP contribution in [0.15, 0.2) is 76.3 Å². The Morgan fingerprint density at radius 1 is 1.03 bits per heavy atom. The van der Waals surface area contributed by atoms with Gasteiger partial charge in [-0.25, -0.2) is 10.2 Å². The van der Waals surface area contributed by atoms with E-state index in [1.807, 2.05) is 12.1 Å². The fourth-order valence-corrected chi connectivity index (χ4v) is 3.02. The summed E-state index contributed by atoms with van der Waals surface area (Å²) in [6.07, 6.45) is 0.699. The molecule has 0 aliphatic heterocycles. The molecule has 1 N–H and O–H groups in total. The quantitative estimate of drug-likeness (QED) is 0.186. The maximum atomic E-state index is 12.3. The van der Waals surface area contributed by atoms with E-state index in [9.17, 15) is 9.59 Å². The average molecular weight is 532 g/mol. The van der Waals surface area contributed by atoms with E-state index in [4.69, 9.17) is 25.8 Å². The van der Waals surface area contributed by atoms with Crippen molar-refractivity contribution in [2.45, 2.75) is 13.0 Å². The first-order valence-corrected chi connectivity index (χ1v) is 10.9. The molecule has 0 aromatic heterocycles. The molecule has 0 aliphatic rings. The van der Waals surface area contributed by atoms with Crippen LogP contribution in [0.5, 0.6) is 17.2 Å². The van der Waals surface area contributed by atoms with Gasteiger partial charge in [0.2, 0.25) is 0 Å². The smallest absolute Gasteiger partial charge is 0.343 e. The van der Waals surface area contributed by atoms with E-state index >= 15 is 0 Å². The molecule has 3 aromatic carbocycles. The fourth-order valence-electron chi connectivity index (χ4n) is 2.63. The molecule has 170 valence electrons. The van der Waals surface area contributed by atoms with Crippen LogP contribution in [0.3, 0.4) is 0 Å². The summed E-state index contributed by atoms with van der Waals surface area (Å²) in [5.41, 5.74) is 3.41. The van der Waals surface area contributed by atoms with Crippen LogP contribution in [0.2, 0.25) is 5.02 Å². The number of halogens is 2. The summed E-state index contributed by atoms with van der Waals surface area (Å²) in [4.78, 5) is 24.5. The van der Waals surface area contributed by atoms with Crippen molar-refractivity contribution < 1.29 is 23.8 Å². The molecule has 0 fully saturated rings. The molecule has 33 heavy (non-hydrogen) atoms. The Morgan fingerprint density at radius 2 is 1.73 bits per heavy atom. The molecule has 0 radical (unpaired) electrons. The zero-order valence-corrected chi connectivity index (χ0v) is 20.1. The molecule has 1 amide bonds. The largest absolute Gasteiger partial charge is 0.493 e. The first-order valence-electron chi connectivity index (χ1n) is 9.76. The number of carbonyl (C=O) groups excluding carboxylic acids is 2. The van der Waals surface area contributed by atoms with Crippen molar-refractivity contribution in [1.82, 2.24) is 5.43 Å². The number of amides is 1. The summed E-state index contributed by atoms with van der Waals surface area (Å²) >= 11 is 9.19. The first-order chi connectivity index (χ1) is 15.9. The fraction of sp³-hybridized carbons (Fsp3) is 0.125. The highest BCUT2D eigenvalue weighted by molar-refractivity contribution is 9.10. The molecule has 0 spiro atoms. The van der Waals surface area contributed by atoms with Gasteiger partial charge >= 0.3 is 5.97 Å². The number of carbonyl (C=O) groups is 2. The van der Waals surface area contributed by atoms with Crippen molar-refractivity contribution in [3.63, 3.8) is 0 Å². The minimum Gasteiger partial charge on any atom is -0.493 e. The topological polar surface area (TPSA) is 86.2 Å². The Bertz CT molecular complexity index is 1150. The molecule has 0 saturated carbocycles. The Hall–Kier alpha value is -3.36. The van der Waals surface area contributed by atoms with Gasteiger partial charge < -0.3 is 14.2 Å². The van der Waals surface area contributed by atoms with E-state index in [0.29, 0.717) is 27.6 Å². The maximum absolute atomic E-state index is 12.3. The van der Waals surface area contributed by atoms with Gasteiger partial charge in [0.1, 0.15) is 5.75 Å². The van der Waals surface area contributed by atoms with Crippen molar-refractivity contribution in [1.29, 1.82) is 0 Å².